The number of carbonyl (C=O) groups excluding carboxylic acids is 1. The van der Waals surface area contributed by atoms with Crippen molar-refractivity contribution in [2.24, 2.45) is 0 Å². The predicted octanol–water partition coefficient (Wildman–Crippen LogP) is 4.53. The average Bonchev–Trinajstić information content (AvgIpc) is 3.23. The van der Waals surface area contributed by atoms with Crippen LogP contribution in [0.2, 0.25) is 0 Å². The number of benzene rings is 1. The van der Waals surface area contributed by atoms with Gasteiger partial charge in [-0.1, -0.05) is 41.3 Å². The van der Waals surface area contributed by atoms with Gasteiger partial charge >= 0.3 is 0 Å². The normalized spacial score (nSPS) is 12.1. The van der Waals surface area contributed by atoms with E-state index >= 15 is 0 Å². The van der Waals surface area contributed by atoms with Crippen molar-refractivity contribution in [3.63, 3.8) is 0 Å². The number of hydrogen-bond donors (Lipinski definition) is 1. The molecule has 5 nitrogen and oxygen atoms in total. The van der Waals surface area contributed by atoms with Crippen LogP contribution in [0, 0.1) is 10.9 Å². The van der Waals surface area contributed by atoms with Gasteiger partial charge in [-0.05, 0) is 49.8 Å². The summed E-state index contributed by atoms with van der Waals surface area (Å²) in [5.74, 6) is 0.941. The maximum atomic E-state index is 12.1. The first-order valence-electron chi connectivity index (χ1n) is 7.66. The molecule has 2 heterocycles. The minimum atomic E-state index is -0.161. The fourth-order valence-corrected chi connectivity index (χ4v) is 4.45. The number of nitrogens with one attached hydrogen (secondary N) is 1. The second-order valence-corrected chi connectivity index (χ2v) is 8.27. The number of furan rings is 1. The monoisotopic (exact) mass is 391 g/mol. The molecular formula is C17H17N3O2S3. The number of carbonyl (C=O) groups is 1. The van der Waals surface area contributed by atoms with Gasteiger partial charge in [-0.25, -0.2) is 4.68 Å². The second kappa shape index (κ2) is 7.99. The minimum Gasteiger partial charge on any atom is -0.467 e. The van der Waals surface area contributed by atoms with Gasteiger partial charge in [0.1, 0.15) is 5.76 Å². The molecule has 1 atom stereocenters. The summed E-state index contributed by atoms with van der Waals surface area (Å²) in [6, 6.07) is 11.4. The highest BCUT2D eigenvalue weighted by Gasteiger charge is 2.14. The third-order valence-electron chi connectivity index (χ3n) is 3.55. The van der Waals surface area contributed by atoms with Crippen LogP contribution in [-0.2, 0) is 4.79 Å². The van der Waals surface area contributed by atoms with Crippen LogP contribution in [0.5, 0.6) is 0 Å². The van der Waals surface area contributed by atoms with Gasteiger partial charge in [0.2, 0.25) is 5.91 Å². The van der Waals surface area contributed by atoms with Gasteiger partial charge in [0.25, 0.3) is 0 Å². The summed E-state index contributed by atoms with van der Waals surface area (Å²) in [6.45, 7) is 3.91. The highest BCUT2D eigenvalue weighted by molar-refractivity contribution is 8.01. The van der Waals surface area contributed by atoms with Crippen LogP contribution in [0.3, 0.4) is 0 Å². The lowest BCUT2D eigenvalue weighted by molar-refractivity contribution is -0.119. The van der Waals surface area contributed by atoms with Crippen LogP contribution in [0.25, 0.3) is 5.69 Å². The summed E-state index contributed by atoms with van der Waals surface area (Å²) < 4.78 is 8.48. The zero-order valence-electron chi connectivity index (χ0n) is 13.8. The summed E-state index contributed by atoms with van der Waals surface area (Å²) in [5, 5.41) is 7.44. The molecule has 8 heteroatoms. The average molecular weight is 392 g/mol. The number of amides is 1. The number of aromatic nitrogens is 2. The zero-order valence-corrected chi connectivity index (χ0v) is 16.2. The van der Waals surface area contributed by atoms with Crippen molar-refractivity contribution < 1.29 is 9.21 Å². The largest absolute Gasteiger partial charge is 0.467 e. The molecule has 0 aliphatic carbocycles. The second-order valence-electron chi connectivity index (χ2n) is 5.43. The summed E-state index contributed by atoms with van der Waals surface area (Å²) in [4.78, 5) is 12.1. The number of nitrogens with zero attached hydrogens (tertiary/aromatic N) is 2. The van der Waals surface area contributed by atoms with Gasteiger partial charge in [-0.2, -0.15) is 0 Å². The molecule has 1 aromatic carbocycles. The molecule has 0 saturated carbocycles. The maximum absolute atomic E-state index is 12.1. The maximum Gasteiger partial charge on any atom is 0.231 e. The Balaban J connectivity index is 1.63. The van der Waals surface area contributed by atoms with E-state index in [-0.39, 0.29) is 17.7 Å². The van der Waals surface area contributed by atoms with Crippen molar-refractivity contribution in [3.05, 3.63) is 57.9 Å². The van der Waals surface area contributed by atoms with Crippen LogP contribution in [0.15, 0.2) is 51.4 Å². The van der Waals surface area contributed by atoms with Crippen LogP contribution in [0.1, 0.15) is 24.3 Å². The molecule has 25 heavy (non-hydrogen) atoms. The predicted molar refractivity (Wildman–Crippen MR) is 103 cm³/mol. The zero-order chi connectivity index (χ0) is 17.8. The molecule has 0 fully saturated rings. The molecular weight excluding hydrogens is 374 g/mol. The molecule has 3 rings (SSSR count). The van der Waals surface area contributed by atoms with Crippen molar-refractivity contribution in [1.82, 2.24) is 15.1 Å². The van der Waals surface area contributed by atoms with Crippen molar-refractivity contribution >= 4 is 41.2 Å². The molecule has 0 saturated heterocycles. The fraction of sp³-hybridized carbons (Fsp3) is 0.235. The van der Waals surface area contributed by atoms with Gasteiger partial charge < -0.3 is 9.73 Å². The van der Waals surface area contributed by atoms with E-state index in [0.29, 0.717) is 3.95 Å². The van der Waals surface area contributed by atoms with Crippen molar-refractivity contribution in [2.45, 2.75) is 24.2 Å². The first-order valence-corrected chi connectivity index (χ1v) is 9.87. The van der Waals surface area contributed by atoms with E-state index in [1.165, 1.54) is 23.1 Å². The third kappa shape index (κ3) is 4.39. The topological polar surface area (TPSA) is 60.1 Å². The first-order chi connectivity index (χ1) is 12.0. The molecule has 0 radical (unpaired) electrons. The van der Waals surface area contributed by atoms with E-state index in [2.05, 4.69) is 10.4 Å². The first kappa shape index (κ1) is 17.9. The van der Waals surface area contributed by atoms with E-state index in [1.807, 2.05) is 44.2 Å². The lowest BCUT2D eigenvalue weighted by atomic mass is 10.2. The molecule has 0 bridgehead atoms. The Morgan fingerprint density at radius 3 is 2.92 bits per heavy atom. The Hall–Kier alpha value is -1.90. The molecule has 0 unspecified atom stereocenters. The Bertz CT molecular complexity index is 915. The van der Waals surface area contributed by atoms with E-state index in [4.69, 9.17) is 16.6 Å². The highest BCUT2D eigenvalue weighted by Crippen LogP contribution is 2.25. The van der Waals surface area contributed by atoms with E-state index in [9.17, 15) is 4.79 Å². The fourth-order valence-electron chi connectivity index (χ4n) is 2.29. The summed E-state index contributed by atoms with van der Waals surface area (Å²) >= 11 is 8.20. The van der Waals surface area contributed by atoms with Gasteiger partial charge in [0.05, 0.1) is 23.7 Å². The number of hydrogen-bond acceptors (Lipinski definition) is 6. The van der Waals surface area contributed by atoms with Crippen LogP contribution < -0.4 is 5.32 Å². The number of thioether (sulfide) groups is 1. The van der Waals surface area contributed by atoms with E-state index < -0.39 is 0 Å². The van der Waals surface area contributed by atoms with Crippen LogP contribution >= 0.6 is 35.3 Å². The van der Waals surface area contributed by atoms with Crippen molar-refractivity contribution in [2.75, 3.05) is 5.75 Å². The molecule has 2 aromatic heterocycles. The lowest BCUT2D eigenvalue weighted by Crippen LogP contribution is -2.27. The van der Waals surface area contributed by atoms with Crippen molar-refractivity contribution in [1.29, 1.82) is 0 Å². The Labute approximate surface area is 159 Å². The lowest BCUT2D eigenvalue weighted by Gasteiger charge is -2.10. The number of rotatable bonds is 6. The number of aryl methyl sites for hydroxylation is 1. The molecule has 130 valence electrons. The molecule has 0 aliphatic rings. The van der Waals surface area contributed by atoms with Crippen LogP contribution in [0.4, 0.5) is 0 Å². The van der Waals surface area contributed by atoms with Gasteiger partial charge in [-0.3, -0.25) is 4.79 Å². The Morgan fingerprint density at radius 2 is 2.20 bits per heavy atom. The summed E-state index contributed by atoms with van der Waals surface area (Å²) in [7, 11) is 0. The Kier molecular flexibility index (Phi) is 5.72. The van der Waals surface area contributed by atoms with Gasteiger partial charge in [0.15, 0.2) is 8.29 Å². The quantitative estimate of drug-likeness (QED) is 0.494. The number of para-hydroxylation sites is 1. The Morgan fingerprint density at radius 1 is 1.40 bits per heavy atom. The van der Waals surface area contributed by atoms with E-state index in [0.717, 1.165) is 21.4 Å². The van der Waals surface area contributed by atoms with Crippen LogP contribution in [-0.4, -0.2) is 21.4 Å². The van der Waals surface area contributed by atoms with Gasteiger partial charge in [0, 0.05) is 0 Å². The molecule has 0 aliphatic heterocycles. The van der Waals surface area contributed by atoms with E-state index in [1.54, 1.807) is 17.0 Å². The summed E-state index contributed by atoms with van der Waals surface area (Å²) in [5.41, 5.74) is 2.07. The van der Waals surface area contributed by atoms with Crippen molar-refractivity contribution in [3.8, 4) is 5.69 Å². The SMILES string of the molecule is Cc1ccccc1-n1nc(SCC(=O)N[C@@H](C)c2ccco2)sc1=S. The molecule has 1 N–H and O–H groups in total. The third-order valence-corrected chi connectivity index (χ3v) is 5.91. The molecule has 0 spiro atoms. The minimum absolute atomic E-state index is 0.0718. The smallest absolute Gasteiger partial charge is 0.231 e. The van der Waals surface area contributed by atoms with Gasteiger partial charge in [-0.15, -0.1) is 5.10 Å². The standard InChI is InChI=1S/C17H17N3O2S3/c1-11-6-3-4-7-13(11)20-17(23)25-16(19-20)24-10-15(21)18-12(2)14-8-5-9-22-14/h3-9,12H,10H2,1-2H3,(H,18,21)/t12-/m0/s1. The summed E-state index contributed by atoms with van der Waals surface area (Å²) in [6.07, 6.45) is 1.59. The molecule has 1 amide bonds. The molecule has 3 aromatic rings. The highest BCUT2D eigenvalue weighted by atomic mass is 32.2.